The number of benzene rings is 2. The second kappa shape index (κ2) is 8.43. The second-order valence-electron chi connectivity index (χ2n) is 5.76. The molecule has 0 bridgehead atoms. The van der Waals surface area contributed by atoms with Crippen LogP contribution in [0.1, 0.15) is 23.8 Å². The number of aromatic nitrogens is 2. The van der Waals surface area contributed by atoms with Crippen LogP contribution >= 0.6 is 11.6 Å². The molecule has 0 aliphatic heterocycles. The van der Waals surface area contributed by atoms with Crippen molar-refractivity contribution in [1.29, 1.82) is 5.26 Å². The topological polar surface area (TPSA) is 131 Å². The summed E-state index contributed by atoms with van der Waals surface area (Å²) in [6, 6.07) is 14.9. The monoisotopic (exact) mass is 395 g/mol. The van der Waals surface area contributed by atoms with Crippen LogP contribution in [0.15, 0.2) is 58.4 Å². The van der Waals surface area contributed by atoms with E-state index in [0.29, 0.717) is 21.6 Å². The first kappa shape index (κ1) is 19.2. The Kier molecular flexibility index (Phi) is 5.79. The third-order valence-electron chi connectivity index (χ3n) is 3.81. The van der Waals surface area contributed by atoms with Crippen molar-refractivity contribution >= 4 is 34.3 Å². The number of hydrogen-bond acceptors (Lipinski definition) is 6. The van der Waals surface area contributed by atoms with Gasteiger partial charge in [0.1, 0.15) is 18.2 Å². The first-order chi connectivity index (χ1) is 13.5. The van der Waals surface area contributed by atoms with Crippen molar-refractivity contribution in [2.75, 3.05) is 0 Å². The first-order valence-electron chi connectivity index (χ1n) is 8.16. The number of fused-ring (bicyclic) bond motifs is 1. The van der Waals surface area contributed by atoms with E-state index in [0.717, 1.165) is 0 Å². The Hall–Kier alpha value is -3.54. The van der Waals surface area contributed by atoms with Crippen LogP contribution in [0.5, 0.6) is 0 Å². The predicted octanol–water partition coefficient (Wildman–Crippen LogP) is 2.04. The number of amides is 1. The van der Waals surface area contributed by atoms with Crippen LogP contribution in [0.3, 0.4) is 0 Å². The largest absolute Gasteiger partial charge is 0.382 e. The summed E-state index contributed by atoms with van der Waals surface area (Å²) in [5, 5.41) is 23.7. The zero-order valence-electron chi connectivity index (χ0n) is 14.4. The minimum Gasteiger partial charge on any atom is -0.382 e. The molecule has 1 unspecified atom stereocenters. The number of rotatable bonds is 5. The summed E-state index contributed by atoms with van der Waals surface area (Å²) >= 11 is 5.93. The molecule has 0 saturated carbocycles. The van der Waals surface area contributed by atoms with Crippen molar-refractivity contribution in [2.45, 2.75) is 12.5 Å². The Morgan fingerprint density at radius 2 is 2.07 bits per heavy atom. The fourth-order valence-corrected chi connectivity index (χ4v) is 2.68. The number of aliphatic hydroxyl groups is 1. The molecular formula is C19H14ClN5O3. The Labute approximate surface area is 164 Å². The lowest BCUT2D eigenvalue weighted by Gasteiger charge is -2.14. The molecule has 0 spiro atoms. The number of carbonyl (C=O) groups excluding carboxylic acids is 1. The van der Waals surface area contributed by atoms with E-state index in [9.17, 15) is 14.7 Å². The van der Waals surface area contributed by atoms with E-state index in [4.69, 9.17) is 16.9 Å². The highest BCUT2D eigenvalue weighted by molar-refractivity contribution is 6.31. The highest BCUT2D eigenvalue weighted by atomic mass is 35.5. The minimum atomic E-state index is -1.33. The number of nitrogens with zero attached hydrogens (tertiary/aromatic N) is 3. The number of hydrogen-bond donors (Lipinski definition) is 3. The number of hydrazone groups is 1. The van der Waals surface area contributed by atoms with Gasteiger partial charge in [0.15, 0.2) is 5.69 Å². The maximum absolute atomic E-state index is 12.6. The highest BCUT2D eigenvalue weighted by Gasteiger charge is 2.22. The molecule has 0 saturated heterocycles. The second-order valence-corrected chi connectivity index (χ2v) is 6.19. The number of H-pyrrole nitrogens is 1. The lowest BCUT2D eigenvalue weighted by Crippen LogP contribution is -2.29. The van der Waals surface area contributed by atoms with Gasteiger partial charge in [-0.05, 0) is 23.8 Å². The van der Waals surface area contributed by atoms with Gasteiger partial charge in [0.05, 0.1) is 17.1 Å². The van der Waals surface area contributed by atoms with Crippen molar-refractivity contribution in [2.24, 2.45) is 5.10 Å². The molecule has 1 atom stereocenters. The Bertz CT molecular complexity index is 1150. The van der Waals surface area contributed by atoms with Crippen LogP contribution in [0, 0.1) is 11.3 Å². The Balaban J connectivity index is 2.12. The highest BCUT2D eigenvalue weighted by Crippen LogP contribution is 2.19. The summed E-state index contributed by atoms with van der Waals surface area (Å²) in [7, 11) is 0. The maximum atomic E-state index is 12.6. The number of halogens is 1. The average molecular weight is 396 g/mol. The van der Waals surface area contributed by atoms with Crippen LogP contribution in [0.2, 0.25) is 5.02 Å². The van der Waals surface area contributed by atoms with Crippen molar-refractivity contribution in [1.82, 2.24) is 15.4 Å². The molecule has 1 aromatic heterocycles. The molecule has 0 aliphatic rings. The fourth-order valence-electron chi connectivity index (χ4n) is 2.50. The third kappa shape index (κ3) is 4.23. The summed E-state index contributed by atoms with van der Waals surface area (Å²) in [4.78, 5) is 31.1. The van der Waals surface area contributed by atoms with Crippen molar-refractivity contribution in [3.63, 3.8) is 0 Å². The molecule has 2 aromatic carbocycles. The van der Waals surface area contributed by atoms with Gasteiger partial charge in [-0.2, -0.15) is 10.4 Å². The number of aromatic amines is 1. The molecule has 3 N–H and O–H groups in total. The maximum Gasteiger partial charge on any atom is 0.276 e. The minimum absolute atomic E-state index is 0.157. The van der Waals surface area contributed by atoms with E-state index >= 15 is 0 Å². The van der Waals surface area contributed by atoms with Crippen molar-refractivity contribution < 1.29 is 9.90 Å². The summed E-state index contributed by atoms with van der Waals surface area (Å²) in [6.45, 7) is 0. The third-order valence-corrected chi connectivity index (χ3v) is 4.05. The van der Waals surface area contributed by atoms with Crippen LogP contribution < -0.4 is 11.0 Å². The van der Waals surface area contributed by atoms with Crippen molar-refractivity contribution in [3.05, 3.63) is 75.2 Å². The number of aliphatic hydroxyl groups excluding tert-OH is 1. The molecule has 9 heteroatoms. The van der Waals surface area contributed by atoms with Gasteiger partial charge in [-0.15, -0.1) is 0 Å². The quantitative estimate of drug-likeness (QED) is 0.449. The van der Waals surface area contributed by atoms with E-state index in [2.05, 4.69) is 20.5 Å². The van der Waals surface area contributed by atoms with E-state index in [1.54, 1.807) is 54.6 Å². The van der Waals surface area contributed by atoms with Gasteiger partial charge >= 0.3 is 0 Å². The molecule has 8 nitrogen and oxygen atoms in total. The average Bonchev–Trinajstić information content (AvgIpc) is 2.69. The van der Waals surface area contributed by atoms with Crippen molar-refractivity contribution in [3.8, 4) is 6.07 Å². The molecule has 3 rings (SSSR count). The van der Waals surface area contributed by atoms with Crippen LogP contribution in [0.25, 0.3) is 11.0 Å². The van der Waals surface area contributed by atoms with Gasteiger partial charge in [-0.3, -0.25) is 9.59 Å². The molecule has 140 valence electrons. The van der Waals surface area contributed by atoms with Gasteiger partial charge in [0.2, 0.25) is 0 Å². The summed E-state index contributed by atoms with van der Waals surface area (Å²) in [5.74, 6) is -0.677. The number of nitriles is 1. The molecule has 1 amide bonds. The van der Waals surface area contributed by atoms with E-state index in [1.807, 2.05) is 0 Å². The zero-order valence-corrected chi connectivity index (χ0v) is 15.1. The number of carbonyl (C=O) groups is 1. The van der Waals surface area contributed by atoms with Gasteiger partial charge in [0, 0.05) is 5.02 Å². The molecule has 28 heavy (non-hydrogen) atoms. The summed E-state index contributed by atoms with van der Waals surface area (Å²) < 4.78 is 0. The van der Waals surface area contributed by atoms with E-state index in [-0.39, 0.29) is 11.4 Å². The standard InChI is InChI=1S/C19H14ClN5O3/c20-12-6-7-13-14(10-12)23-19(28)17(22-13)16(25-24-15(26)8-9-21)18(27)11-4-2-1-3-5-11/h1-7,10,18,27H,8H2,(H,23,28)(H,24,26)/b25-16-. The zero-order chi connectivity index (χ0) is 20.1. The number of nitrogens with one attached hydrogen (secondary N) is 2. The van der Waals surface area contributed by atoms with Gasteiger partial charge in [-0.25, -0.2) is 10.4 Å². The molecular weight excluding hydrogens is 382 g/mol. The van der Waals surface area contributed by atoms with Crippen LogP contribution in [-0.2, 0) is 4.79 Å². The Morgan fingerprint density at radius 3 is 2.79 bits per heavy atom. The fraction of sp³-hybridized carbons (Fsp3) is 0.105. The van der Waals surface area contributed by atoms with Crippen LogP contribution in [-0.4, -0.2) is 26.7 Å². The Morgan fingerprint density at radius 1 is 1.32 bits per heavy atom. The van der Waals surface area contributed by atoms with Crippen LogP contribution in [0.4, 0.5) is 0 Å². The predicted molar refractivity (Wildman–Crippen MR) is 104 cm³/mol. The first-order valence-corrected chi connectivity index (χ1v) is 8.53. The molecule has 0 aliphatic carbocycles. The molecule has 3 aromatic rings. The lowest BCUT2D eigenvalue weighted by molar-refractivity contribution is -0.120. The summed E-state index contributed by atoms with van der Waals surface area (Å²) in [6.07, 6.45) is -1.75. The molecule has 0 fully saturated rings. The van der Waals surface area contributed by atoms with Gasteiger partial charge in [-0.1, -0.05) is 41.9 Å². The summed E-state index contributed by atoms with van der Waals surface area (Å²) in [5.41, 5.74) is 2.53. The van der Waals surface area contributed by atoms with Gasteiger partial charge in [0.25, 0.3) is 11.5 Å². The van der Waals surface area contributed by atoms with E-state index < -0.39 is 24.0 Å². The lowest BCUT2D eigenvalue weighted by atomic mass is 10.0. The van der Waals surface area contributed by atoms with Gasteiger partial charge < -0.3 is 10.1 Å². The molecule has 0 radical (unpaired) electrons. The van der Waals surface area contributed by atoms with E-state index in [1.165, 1.54) is 0 Å². The smallest absolute Gasteiger partial charge is 0.276 e. The normalized spacial score (nSPS) is 12.4. The SMILES string of the molecule is N#CCC(=O)N/N=C(/c1nc2ccc(Cl)cc2[nH]c1=O)C(O)c1ccccc1. The molecule has 1 heterocycles.